The van der Waals surface area contributed by atoms with Crippen LogP contribution in [0.3, 0.4) is 0 Å². The van der Waals surface area contributed by atoms with Crippen LogP contribution in [0.1, 0.15) is 5.56 Å². The van der Waals surface area contributed by atoms with Crippen LogP contribution < -0.4 is 0 Å². The Hall–Kier alpha value is -2.88. The average Bonchev–Trinajstić information content (AvgIpc) is 3.38. The van der Waals surface area contributed by atoms with E-state index >= 15 is 0 Å². The van der Waals surface area contributed by atoms with Crippen molar-refractivity contribution < 1.29 is 19.1 Å². The van der Waals surface area contributed by atoms with Gasteiger partial charge in [0.2, 0.25) is 5.41 Å². The first-order valence-electron chi connectivity index (χ1n) is 7.19. The quantitative estimate of drug-likeness (QED) is 0.643. The van der Waals surface area contributed by atoms with Crippen LogP contribution in [0.15, 0.2) is 60.7 Å². The molecule has 0 bridgehead atoms. The predicted molar refractivity (Wildman–Crippen MR) is 86.3 cm³/mol. The maximum absolute atomic E-state index is 12.0. The fraction of sp³-hybridized carbons (Fsp3) is 0.158. The number of carbonyl (C=O) groups excluding carboxylic acids is 2. The summed E-state index contributed by atoms with van der Waals surface area (Å²) >= 11 is 0. The van der Waals surface area contributed by atoms with Crippen molar-refractivity contribution in [2.75, 3.05) is 14.2 Å². The molecule has 116 valence electrons. The van der Waals surface area contributed by atoms with Crippen LogP contribution in [0.2, 0.25) is 0 Å². The lowest BCUT2D eigenvalue weighted by molar-refractivity contribution is -0.158. The van der Waals surface area contributed by atoms with Crippen LogP contribution in [-0.4, -0.2) is 26.2 Å². The SMILES string of the molecule is COC(=O)C1(C(=O)OC)C=C1c1ccc(-c2ccccc2)cc1. The largest absolute Gasteiger partial charge is 0.468 e. The summed E-state index contributed by atoms with van der Waals surface area (Å²) in [4.78, 5) is 24.0. The van der Waals surface area contributed by atoms with Gasteiger partial charge in [0.05, 0.1) is 14.2 Å². The molecule has 0 saturated heterocycles. The molecule has 23 heavy (non-hydrogen) atoms. The van der Waals surface area contributed by atoms with Crippen molar-refractivity contribution in [3.8, 4) is 11.1 Å². The summed E-state index contributed by atoms with van der Waals surface area (Å²) in [5.41, 5.74) is 2.21. The van der Waals surface area contributed by atoms with Crippen LogP contribution >= 0.6 is 0 Å². The van der Waals surface area contributed by atoms with E-state index in [1.54, 1.807) is 6.08 Å². The molecule has 0 amide bonds. The highest BCUT2D eigenvalue weighted by Gasteiger charge is 2.60. The minimum atomic E-state index is -1.39. The summed E-state index contributed by atoms with van der Waals surface area (Å²) in [6.45, 7) is 0. The van der Waals surface area contributed by atoms with Gasteiger partial charge in [-0.3, -0.25) is 9.59 Å². The van der Waals surface area contributed by atoms with E-state index in [1.165, 1.54) is 14.2 Å². The van der Waals surface area contributed by atoms with Gasteiger partial charge in [0, 0.05) is 0 Å². The van der Waals surface area contributed by atoms with Gasteiger partial charge < -0.3 is 9.47 Å². The number of esters is 2. The van der Waals surface area contributed by atoms with Crippen LogP contribution in [0.4, 0.5) is 0 Å². The zero-order valence-corrected chi connectivity index (χ0v) is 12.9. The van der Waals surface area contributed by atoms with Crippen molar-refractivity contribution in [3.05, 3.63) is 66.2 Å². The molecule has 0 atom stereocenters. The maximum atomic E-state index is 12.0. The topological polar surface area (TPSA) is 52.6 Å². The third-order valence-corrected chi connectivity index (χ3v) is 4.02. The molecule has 0 fully saturated rings. The fourth-order valence-electron chi connectivity index (χ4n) is 2.71. The third-order valence-electron chi connectivity index (χ3n) is 4.02. The number of rotatable bonds is 4. The Balaban J connectivity index is 1.88. The minimum Gasteiger partial charge on any atom is -0.468 e. The molecule has 0 spiro atoms. The monoisotopic (exact) mass is 308 g/mol. The lowest BCUT2D eigenvalue weighted by atomic mass is 9.95. The summed E-state index contributed by atoms with van der Waals surface area (Å²) < 4.78 is 9.51. The zero-order valence-electron chi connectivity index (χ0n) is 12.9. The molecule has 0 unspecified atom stereocenters. The first-order chi connectivity index (χ1) is 11.1. The van der Waals surface area contributed by atoms with Crippen molar-refractivity contribution >= 4 is 17.5 Å². The Morgan fingerprint density at radius 3 is 1.74 bits per heavy atom. The van der Waals surface area contributed by atoms with Gasteiger partial charge >= 0.3 is 11.9 Å². The zero-order chi connectivity index (χ0) is 16.4. The smallest absolute Gasteiger partial charge is 0.331 e. The van der Waals surface area contributed by atoms with E-state index in [0.717, 1.165) is 16.7 Å². The van der Waals surface area contributed by atoms with Crippen LogP contribution in [0.25, 0.3) is 16.7 Å². The maximum Gasteiger partial charge on any atom is 0.331 e. The van der Waals surface area contributed by atoms with E-state index < -0.39 is 17.4 Å². The number of carbonyl (C=O) groups is 2. The Morgan fingerprint density at radius 2 is 1.22 bits per heavy atom. The second kappa shape index (κ2) is 5.72. The molecule has 0 heterocycles. The minimum absolute atomic E-state index is 0.619. The first-order valence-corrected chi connectivity index (χ1v) is 7.19. The first kappa shape index (κ1) is 15.0. The van der Waals surface area contributed by atoms with Gasteiger partial charge in [-0.15, -0.1) is 0 Å². The molecule has 1 aliphatic rings. The summed E-state index contributed by atoms with van der Waals surface area (Å²) in [5, 5.41) is 0. The number of methoxy groups -OCH3 is 2. The third kappa shape index (κ3) is 2.42. The molecule has 0 N–H and O–H groups in total. The van der Waals surface area contributed by atoms with Gasteiger partial charge in [-0.05, 0) is 28.3 Å². The molecule has 0 aromatic heterocycles. The van der Waals surface area contributed by atoms with Gasteiger partial charge in [-0.1, -0.05) is 54.6 Å². The van der Waals surface area contributed by atoms with E-state index in [4.69, 9.17) is 9.47 Å². The molecule has 0 radical (unpaired) electrons. The predicted octanol–water partition coefficient (Wildman–Crippen LogP) is 3.08. The number of ether oxygens (including phenoxy) is 2. The Labute approximate surface area is 134 Å². The lowest BCUT2D eigenvalue weighted by Crippen LogP contribution is -2.31. The number of hydrogen-bond donors (Lipinski definition) is 0. The second-order valence-corrected chi connectivity index (χ2v) is 5.29. The molecule has 4 heteroatoms. The highest BCUT2D eigenvalue weighted by Crippen LogP contribution is 2.52. The van der Waals surface area contributed by atoms with E-state index in [-0.39, 0.29) is 0 Å². The molecule has 4 nitrogen and oxygen atoms in total. The molecule has 2 aromatic carbocycles. The molecule has 0 saturated carbocycles. The molecule has 3 rings (SSSR count). The fourth-order valence-corrected chi connectivity index (χ4v) is 2.71. The van der Waals surface area contributed by atoms with E-state index in [0.29, 0.717) is 5.57 Å². The summed E-state index contributed by atoms with van der Waals surface area (Å²) in [5.74, 6) is -1.24. The molecule has 1 aliphatic carbocycles. The van der Waals surface area contributed by atoms with Crippen LogP contribution in [0, 0.1) is 5.41 Å². The lowest BCUT2D eigenvalue weighted by Gasteiger charge is -2.13. The van der Waals surface area contributed by atoms with Crippen molar-refractivity contribution in [1.29, 1.82) is 0 Å². The van der Waals surface area contributed by atoms with Gasteiger partial charge in [0.1, 0.15) is 0 Å². The van der Waals surface area contributed by atoms with E-state index in [1.807, 2.05) is 54.6 Å². The van der Waals surface area contributed by atoms with Gasteiger partial charge in [0.25, 0.3) is 0 Å². The Morgan fingerprint density at radius 1 is 0.739 bits per heavy atom. The van der Waals surface area contributed by atoms with Crippen molar-refractivity contribution in [3.63, 3.8) is 0 Å². The highest BCUT2D eigenvalue weighted by atomic mass is 16.5. The number of hydrogen-bond acceptors (Lipinski definition) is 4. The van der Waals surface area contributed by atoms with Gasteiger partial charge in [-0.2, -0.15) is 0 Å². The molecule has 0 aliphatic heterocycles. The van der Waals surface area contributed by atoms with Crippen molar-refractivity contribution in [2.24, 2.45) is 5.41 Å². The van der Waals surface area contributed by atoms with Crippen molar-refractivity contribution in [1.82, 2.24) is 0 Å². The van der Waals surface area contributed by atoms with Gasteiger partial charge in [0.15, 0.2) is 0 Å². The standard InChI is InChI=1S/C19H16O4/c1-22-17(20)19(18(21)23-2)12-16(19)15-10-8-14(9-11-15)13-6-4-3-5-7-13/h3-12H,1-2H3. The molecular formula is C19H16O4. The van der Waals surface area contributed by atoms with Crippen molar-refractivity contribution in [2.45, 2.75) is 0 Å². The number of benzene rings is 2. The Bertz CT molecular complexity index is 757. The van der Waals surface area contributed by atoms with E-state index in [9.17, 15) is 9.59 Å². The normalized spacial score (nSPS) is 14.6. The molecule has 2 aromatic rings. The second-order valence-electron chi connectivity index (χ2n) is 5.29. The summed E-state index contributed by atoms with van der Waals surface area (Å²) in [6, 6.07) is 17.7. The van der Waals surface area contributed by atoms with Crippen LogP contribution in [-0.2, 0) is 19.1 Å². The van der Waals surface area contributed by atoms with Gasteiger partial charge in [-0.25, -0.2) is 0 Å². The van der Waals surface area contributed by atoms with E-state index in [2.05, 4.69) is 0 Å². The average molecular weight is 308 g/mol. The summed E-state index contributed by atoms with van der Waals surface area (Å²) in [7, 11) is 2.52. The Kier molecular flexibility index (Phi) is 3.74. The van der Waals surface area contributed by atoms with Crippen LogP contribution in [0.5, 0.6) is 0 Å². The summed E-state index contributed by atoms with van der Waals surface area (Å²) in [6.07, 6.45) is 1.59. The molecular weight excluding hydrogens is 292 g/mol. The highest BCUT2D eigenvalue weighted by molar-refractivity contribution is 6.22.